The van der Waals surface area contributed by atoms with Crippen LogP contribution in [-0.4, -0.2) is 25.3 Å². The van der Waals surface area contributed by atoms with Crippen LogP contribution in [0.15, 0.2) is 64.1 Å². The number of alkyl halides is 3. The number of nitrogens with zero attached hydrogens (tertiary/aromatic N) is 4. The van der Waals surface area contributed by atoms with Crippen LogP contribution in [0.25, 0.3) is 28.2 Å². The number of aromatic nitrogens is 4. The Balaban J connectivity index is 2.04. The third-order valence-corrected chi connectivity index (χ3v) is 5.13. The van der Waals surface area contributed by atoms with Gasteiger partial charge in [0, 0.05) is 20.7 Å². The van der Waals surface area contributed by atoms with Crippen LogP contribution < -0.4 is 5.56 Å². The van der Waals surface area contributed by atoms with Crippen molar-refractivity contribution in [1.82, 2.24) is 19.1 Å². The van der Waals surface area contributed by atoms with E-state index >= 15 is 0 Å². The van der Waals surface area contributed by atoms with Gasteiger partial charge >= 0.3 is 6.18 Å². The number of benzene rings is 2. The normalized spacial score (nSPS) is 11.9. The van der Waals surface area contributed by atoms with Gasteiger partial charge in [-0.25, -0.2) is 9.97 Å². The van der Waals surface area contributed by atoms with Gasteiger partial charge in [0.25, 0.3) is 5.56 Å². The molecule has 0 bridgehead atoms. The van der Waals surface area contributed by atoms with E-state index in [0.29, 0.717) is 31.1 Å². The van der Waals surface area contributed by atoms with Gasteiger partial charge in [0.2, 0.25) is 0 Å². The monoisotopic (exact) mass is 482 g/mol. The molecule has 10 heteroatoms. The second-order valence-corrected chi connectivity index (χ2v) is 7.48. The van der Waals surface area contributed by atoms with Gasteiger partial charge in [-0.2, -0.15) is 13.2 Å². The zero-order valence-corrected chi connectivity index (χ0v) is 16.8. The highest BCUT2D eigenvalue weighted by Crippen LogP contribution is 2.32. The molecule has 0 amide bonds. The van der Waals surface area contributed by atoms with E-state index in [-0.39, 0.29) is 11.2 Å². The Morgan fingerprint density at radius 2 is 1.76 bits per heavy atom. The molecule has 2 aromatic carbocycles. The van der Waals surface area contributed by atoms with Crippen LogP contribution in [0.5, 0.6) is 0 Å². The minimum absolute atomic E-state index is 0.154. The lowest BCUT2D eigenvalue weighted by Crippen LogP contribution is -2.28. The van der Waals surface area contributed by atoms with Crippen LogP contribution in [-0.2, 0) is 6.54 Å². The predicted octanol–water partition coefficient (Wildman–Crippen LogP) is 5.23. The van der Waals surface area contributed by atoms with E-state index in [4.69, 9.17) is 11.6 Å². The number of imidazole rings is 1. The fourth-order valence-corrected chi connectivity index (χ4v) is 3.54. The van der Waals surface area contributed by atoms with Gasteiger partial charge in [0.1, 0.15) is 18.7 Å². The highest BCUT2D eigenvalue weighted by molar-refractivity contribution is 9.10. The summed E-state index contributed by atoms with van der Waals surface area (Å²) in [6.07, 6.45) is -3.67. The van der Waals surface area contributed by atoms with E-state index in [0.717, 1.165) is 6.33 Å². The van der Waals surface area contributed by atoms with Crippen LogP contribution in [0, 0.1) is 0 Å². The first kappa shape index (κ1) is 19.7. The molecule has 0 radical (unpaired) electrons. The molecule has 4 aromatic rings. The second kappa shape index (κ2) is 7.31. The zero-order valence-electron chi connectivity index (χ0n) is 14.5. The molecule has 2 heterocycles. The Bertz CT molecular complexity index is 1270. The fourth-order valence-electron chi connectivity index (χ4n) is 2.95. The molecule has 0 aliphatic heterocycles. The molecule has 0 aliphatic carbocycles. The van der Waals surface area contributed by atoms with E-state index in [1.165, 1.54) is 0 Å². The Hall–Kier alpha value is -2.65. The van der Waals surface area contributed by atoms with Crippen molar-refractivity contribution in [1.29, 1.82) is 0 Å². The van der Waals surface area contributed by atoms with Gasteiger partial charge in [0.15, 0.2) is 11.2 Å². The van der Waals surface area contributed by atoms with Crippen molar-refractivity contribution in [2.75, 3.05) is 0 Å². The van der Waals surface area contributed by atoms with Gasteiger partial charge in [-0.1, -0.05) is 45.7 Å². The quantitative estimate of drug-likeness (QED) is 0.401. The lowest BCUT2D eigenvalue weighted by Gasteiger charge is -2.11. The van der Waals surface area contributed by atoms with E-state index in [9.17, 15) is 18.0 Å². The first-order valence-corrected chi connectivity index (χ1v) is 9.47. The highest BCUT2D eigenvalue weighted by Gasteiger charge is 2.29. The molecular formula is C19H11BrClF3N4O. The van der Waals surface area contributed by atoms with E-state index < -0.39 is 18.3 Å². The molecule has 29 heavy (non-hydrogen) atoms. The maximum atomic E-state index is 12.8. The summed E-state index contributed by atoms with van der Waals surface area (Å²) in [5.41, 5.74) is 0.401. The molecule has 4 rings (SSSR count). The second-order valence-electron chi connectivity index (χ2n) is 6.19. The summed E-state index contributed by atoms with van der Waals surface area (Å²) < 4.78 is 41.2. The van der Waals surface area contributed by atoms with Crippen molar-refractivity contribution in [3.8, 4) is 17.1 Å². The molecule has 0 spiro atoms. The van der Waals surface area contributed by atoms with Crippen molar-refractivity contribution < 1.29 is 13.2 Å². The van der Waals surface area contributed by atoms with Gasteiger partial charge in [-0.3, -0.25) is 13.9 Å². The highest BCUT2D eigenvalue weighted by atomic mass is 79.9. The Labute approximate surface area is 175 Å². The molecule has 5 nitrogen and oxygen atoms in total. The number of hydrogen-bond donors (Lipinski definition) is 0. The Morgan fingerprint density at radius 1 is 1.07 bits per heavy atom. The van der Waals surface area contributed by atoms with Crippen molar-refractivity contribution in [2.45, 2.75) is 12.7 Å². The summed E-state index contributed by atoms with van der Waals surface area (Å²) in [6.45, 7) is -1.44. The molecule has 0 fully saturated rings. The molecule has 0 N–H and O–H groups in total. The number of fused-ring (bicyclic) bond motifs is 1. The minimum atomic E-state index is -4.55. The largest absolute Gasteiger partial charge is 0.406 e. The predicted molar refractivity (Wildman–Crippen MR) is 107 cm³/mol. The van der Waals surface area contributed by atoms with Crippen molar-refractivity contribution in [3.05, 3.63) is 74.7 Å². The van der Waals surface area contributed by atoms with Crippen molar-refractivity contribution >= 4 is 38.7 Å². The molecule has 0 saturated carbocycles. The molecule has 0 aliphatic rings. The van der Waals surface area contributed by atoms with Crippen LogP contribution >= 0.6 is 27.5 Å². The summed E-state index contributed by atoms with van der Waals surface area (Å²) in [5, 5.41) is 0.515. The average Bonchev–Trinajstić information content (AvgIpc) is 3.04. The molecular weight excluding hydrogens is 473 g/mol. The summed E-state index contributed by atoms with van der Waals surface area (Å²) in [7, 11) is 0. The van der Waals surface area contributed by atoms with E-state index in [2.05, 4.69) is 25.9 Å². The average molecular weight is 484 g/mol. The zero-order chi connectivity index (χ0) is 20.8. The lowest BCUT2D eigenvalue weighted by atomic mass is 10.2. The third-order valence-electron chi connectivity index (χ3n) is 4.19. The summed E-state index contributed by atoms with van der Waals surface area (Å²) in [6, 6.07) is 14.0. The first-order valence-electron chi connectivity index (χ1n) is 8.30. The number of hydrogen-bond acceptors (Lipinski definition) is 3. The Morgan fingerprint density at radius 3 is 2.41 bits per heavy atom. The summed E-state index contributed by atoms with van der Waals surface area (Å²) in [5.74, 6) is 0.365. The topological polar surface area (TPSA) is 52.7 Å². The maximum absolute atomic E-state index is 12.8. The van der Waals surface area contributed by atoms with Crippen LogP contribution in [0.2, 0.25) is 5.02 Å². The van der Waals surface area contributed by atoms with Crippen molar-refractivity contribution in [2.24, 2.45) is 0 Å². The van der Waals surface area contributed by atoms with Gasteiger partial charge in [0.05, 0.1) is 0 Å². The molecule has 2 aromatic heterocycles. The molecule has 148 valence electrons. The fraction of sp³-hybridized carbons (Fsp3) is 0.105. The molecule has 0 unspecified atom stereocenters. The van der Waals surface area contributed by atoms with Gasteiger partial charge in [-0.05, 0) is 30.3 Å². The van der Waals surface area contributed by atoms with Gasteiger partial charge < -0.3 is 0 Å². The number of halogens is 5. The molecule has 0 saturated heterocycles. The SMILES string of the molecule is O=c1c2nc(-c3ccccc3Br)n(-c3ccc(Cl)cc3)c2ncn1CC(F)(F)F. The summed E-state index contributed by atoms with van der Waals surface area (Å²) >= 11 is 9.43. The first-order chi connectivity index (χ1) is 13.7. The standard InChI is InChI=1S/C19H11BrClF3N4O/c20-14-4-2-1-3-13(14)16-26-15-17(28(16)12-7-5-11(21)6-8-12)25-10-27(18(15)29)9-19(22,23)24/h1-8,10H,9H2. The lowest BCUT2D eigenvalue weighted by molar-refractivity contribution is -0.141. The Kier molecular flexibility index (Phi) is 4.95. The molecule has 0 atom stereocenters. The third kappa shape index (κ3) is 3.79. The summed E-state index contributed by atoms with van der Waals surface area (Å²) in [4.78, 5) is 21.2. The smallest absolute Gasteiger partial charge is 0.288 e. The van der Waals surface area contributed by atoms with Crippen LogP contribution in [0.1, 0.15) is 0 Å². The maximum Gasteiger partial charge on any atom is 0.406 e. The van der Waals surface area contributed by atoms with Gasteiger partial charge in [-0.15, -0.1) is 0 Å². The number of rotatable bonds is 3. The van der Waals surface area contributed by atoms with Crippen LogP contribution in [0.4, 0.5) is 13.2 Å². The minimum Gasteiger partial charge on any atom is -0.288 e. The van der Waals surface area contributed by atoms with Crippen molar-refractivity contribution in [3.63, 3.8) is 0 Å². The van der Waals surface area contributed by atoms with E-state index in [1.807, 2.05) is 6.07 Å². The van der Waals surface area contributed by atoms with E-state index in [1.54, 1.807) is 47.0 Å². The van der Waals surface area contributed by atoms with Crippen LogP contribution in [0.3, 0.4) is 0 Å².